The molecule has 128 valence electrons. The van der Waals surface area contributed by atoms with E-state index in [1.807, 2.05) is 72.8 Å². The normalized spacial score (nSPS) is 19.4. The zero-order valence-electron chi connectivity index (χ0n) is 13.9. The zero-order chi connectivity index (χ0) is 17.6. The third kappa shape index (κ3) is 3.97. The Morgan fingerprint density at radius 1 is 0.880 bits per heavy atom. The van der Waals surface area contributed by atoms with E-state index in [0.717, 1.165) is 11.3 Å². The van der Waals surface area contributed by atoms with Gasteiger partial charge in [-0.2, -0.15) is 0 Å². The minimum absolute atomic E-state index is 0.173. The molecule has 1 amide bonds. The molecule has 2 aromatic rings. The molecule has 0 unspecified atom stereocenters. The number of allylic oxidation sites excluding steroid dienone is 2. The van der Waals surface area contributed by atoms with E-state index < -0.39 is 17.8 Å². The third-order valence-corrected chi connectivity index (χ3v) is 4.57. The molecule has 0 radical (unpaired) electrons. The molecule has 0 spiro atoms. The predicted octanol–water partition coefficient (Wildman–Crippen LogP) is 2.55. The molecule has 0 saturated carbocycles. The Morgan fingerprint density at radius 2 is 1.44 bits per heavy atom. The van der Waals surface area contributed by atoms with Crippen LogP contribution in [0.5, 0.6) is 0 Å². The van der Waals surface area contributed by atoms with Crippen molar-refractivity contribution in [2.75, 3.05) is 4.90 Å². The van der Waals surface area contributed by atoms with Gasteiger partial charge >= 0.3 is 0 Å². The van der Waals surface area contributed by atoms with Gasteiger partial charge in [-0.05, 0) is 30.5 Å². The summed E-state index contributed by atoms with van der Waals surface area (Å²) in [5.74, 6) is -2.71. The predicted molar refractivity (Wildman–Crippen MR) is 94.4 cm³/mol. The largest absolute Gasteiger partial charge is 0.550 e. The average molecular weight is 334 g/mol. The molecule has 0 aromatic heterocycles. The van der Waals surface area contributed by atoms with Crippen LogP contribution in [0.2, 0.25) is 0 Å². The maximum atomic E-state index is 13.2. The number of nitrogens with zero attached hydrogens (tertiary/aromatic N) is 1. The molecular weight excluding hydrogens is 314 g/mol. The van der Waals surface area contributed by atoms with Crippen molar-refractivity contribution in [1.29, 1.82) is 0 Å². The highest BCUT2D eigenvalue weighted by Gasteiger charge is 2.33. The molecule has 2 atom stereocenters. The van der Waals surface area contributed by atoms with E-state index in [-0.39, 0.29) is 5.91 Å². The van der Waals surface area contributed by atoms with Crippen LogP contribution in [-0.4, -0.2) is 11.9 Å². The van der Waals surface area contributed by atoms with Crippen LogP contribution in [0.15, 0.2) is 72.8 Å². The zero-order valence-corrected chi connectivity index (χ0v) is 13.9. The van der Waals surface area contributed by atoms with Crippen molar-refractivity contribution < 1.29 is 14.7 Å². The smallest absolute Gasteiger partial charge is 0.231 e. The number of carboxylic acid groups (broad SMARTS) is 1. The first-order valence-electron chi connectivity index (χ1n) is 8.43. The van der Waals surface area contributed by atoms with Gasteiger partial charge in [-0.3, -0.25) is 4.79 Å². The van der Waals surface area contributed by atoms with E-state index in [1.54, 1.807) is 4.90 Å². The first-order chi connectivity index (χ1) is 12.2. The number of rotatable bonds is 5. The molecule has 4 nitrogen and oxygen atoms in total. The number of carboxylic acids is 1. The molecule has 0 N–H and O–H groups in total. The van der Waals surface area contributed by atoms with Crippen LogP contribution in [-0.2, 0) is 16.1 Å². The monoisotopic (exact) mass is 334 g/mol. The molecule has 0 heterocycles. The molecule has 0 bridgehead atoms. The highest BCUT2D eigenvalue weighted by atomic mass is 16.4. The maximum absolute atomic E-state index is 13.2. The summed E-state index contributed by atoms with van der Waals surface area (Å²) in [4.78, 5) is 26.4. The summed E-state index contributed by atoms with van der Waals surface area (Å²) in [7, 11) is 0. The third-order valence-electron chi connectivity index (χ3n) is 4.57. The lowest BCUT2D eigenvalue weighted by molar-refractivity contribution is -0.313. The van der Waals surface area contributed by atoms with Crippen LogP contribution in [0, 0.1) is 11.8 Å². The minimum atomic E-state index is -1.16. The fraction of sp³-hybridized carbons (Fsp3) is 0.238. The number of aliphatic carboxylic acids is 1. The molecular formula is C21H20NO3-. The number of carbonyl (C=O) groups is 2. The standard InChI is InChI=1S/C21H21NO3/c23-20(18-13-7-8-14-19(18)21(24)25)22(17-11-5-2-6-12-17)15-16-9-3-1-4-10-16/h1-12,18-19H,13-15H2,(H,24,25)/p-1/t18-,19-/m0/s1. The van der Waals surface area contributed by atoms with Crippen LogP contribution in [0.3, 0.4) is 0 Å². The fourth-order valence-corrected chi connectivity index (χ4v) is 3.22. The maximum Gasteiger partial charge on any atom is 0.231 e. The van der Waals surface area contributed by atoms with Gasteiger partial charge in [-0.1, -0.05) is 60.7 Å². The molecule has 1 aliphatic carbocycles. The number of benzene rings is 2. The molecule has 2 aromatic carbocycles. The molecule has 1 aliphatic rings. The summed E-state index contributed by atoms with van der Waals surface area (Å²) in [6.07, 6.45) is 4.46. The van der Waals surface area contributed by atoms with Crippen molar-refractivity contribution in [3.05, 3.63) is 78.4 Å². The first kappa shape index (κ1) is 17.0. The van der Waals surface area contributed by atoms with Gasteiger partial charge in [0.05, 0.1) is 12.5 Å². The van der Waals surface area contributed by atoms with Gasteiger partial charge in [0.1, 0.15) is 0 Å². The molecule has 25 heavy (non-hydrogen) atoms. The second kappa shape index (κ2) is 7.79. The quantitative estimate of drug-likeness (QED) is 0.790. The van der Waals surface area contributed by atoms with Crippen molar-refractivity contribution in [2.24, 2.45) is 11.8 Å². The highest BCUT2D eigenvalue weighted by Crippen LogP contribution is 2.30. The Bertz CT molecular complexity index is 755. The van der Waals surface area contributed by atoms with Crippen LogP contribution in [0.25, 0.3) is 0 Å². The fourth-order valence-electron chi connectivity index (χ4n) is 3.22. The number of anilines is 1. The van der Waals surface area contributed by atoms with E-state index >= 15 is 0 Å². The van der Waals surface area contributed by atoms with Crippen molar-refractivity contribution >= 4 is 17.6 Å². The molecule has 0 saturated heterocycles. The molecule has 0 aliphatic heterocycles. The van der Waals surface area contributed by atoms with E-state index in [4.69, 9.17) is 0 Å². The van der Waals surface area contributed by atoms with Crippen molar-refractivity contribution in [3.63, 3.8) is 0 Å². The molecule has 0 fully saturated rings. The summed E-state index contributed by atoms with van der Waals surface area (Å²) >= 11 is 0. The summed E-state index contributed by atoms with van der Waals surface area (Å²) < 4.78 is 0. The lowest BCUT2D eigenvalue weighted by Crippen LogP contribution is -2.45. The van der Waals surface area contributed by atoms with E-state index in [0.29, 0.717) is 19.4 Å². The van der Waals surface area contributed by atoms with Gasteiger partial charge in [0.15, 0.2) is 0 Å². The Labute approximate surface area is 147 Å². The van der Waals surface area contributed by atoms with Gasteiger partial charge in [0, 0.05) is 17.6 Å². The Kier molecular flexibility index (Phi) is 5.29. The van der Waals surface area contributed by atoms with Gasteiger partial charge in [-0.15, -0.1) is 0 Å². The topological polar surface area (TPSA) is 60.4 Å². The Balaban J connectivity index is 1.92. The first-order valence-corrected chi connectivity index (χ1v) is 8.43. The second-order valence-electron chi connectivity index (χ2n) is 6.22. The van der Waals surface area contributed by atoms with Crippen LogP contribution in [0.4, 0.5) is 5.69 Å². The van der Waals surface area contributed by atoms with Crippen molar-refractivity contribution in [2.45, 2.75) is 19.4 Å². The van der Waals surface area contributed by atoms with Crippen molar-refractivity contribution in [1.82, 2.24) is 0 Å². The minimum Gasteiger partial charge on any atom is -0.550 e. The SMILES string of the molecule is O=C([O-])[C@H]1CC=CC[C@@H]1C(=O)N(Cc1ccccc1)c1ccccc1. The lowest BCUT2D eigenvalue weighted by Gasteiger charge is -2.33. The van der Waals surface area contributed by atoms with E-state index in [9.17, 15) is 14.7 Å². The molecule has 4 heteroatoms. The summed E-state index contributed by atoms with van der Waals surface area (Å²) in [5, 5.41) is 11.5. The summed E-state index contributed by atoms with van der Waals surface area (Å²) in [6, 6.07) is 19.1. The second-order valence-corrected chi connectivity index (χ2v) is 6.22. The van der Waals surface area contributed by atoms with Crippen LogP contribution in [0.1, 0.15) is 18.4 Å². The Hall–Kier alpha value is -2.88. The lowest BCUT2D eigenvalue weighted by atomic mass is 9.82. The van der Waals surface area contributed by atoms with Crippen LogP contribution >= 0.6 is 0 Å². The van der Waals surface area contributed by atoms with Crippen molar-refractivity contribution in [3.8, 4) is 0 Å². The number of hydrogen-bond acceptors (Lipinski definition) is 3. The van der Waals surface area contributed by atoms with Gasteiger partial charge < -0.3 is 14.8 Å². The number of amides is 1. The Morgan fingerprint density at radius 3 is 2.04 bits per heavy atom. The average Bonchev–Trinajstić information content (AvgIpc) is 2.67. The highest BCUT2D eigenvalue weighted by molar-refractivity contribution is 5.97. The summed E-state index contributed by atoms with van der Waals surface area (Å²) in [5.41, 5.74) is 1.76. The van der Waals surface area contributed by atoms with E-state index in [1.165, 1.54) is 0 Å². The van der Waals surface area contributed by atoms with Crippen LogP contribution < -0.4 is 10.0 Å². The molecule has 3 rings (SSSR count). The van der Waals surface area contributed by atoms with E-state index in [2.05, 4.69) is 0 Å². The van der Waals surface area contributed by atoms with Gasteiger partial charge in [0.25, 0.3) is 0 Å². The number of para-hydroxylation sites is 1. The van der Waals surface area contributed by atoms with Gasteiger partial charge in [-0.25, -0.2) is 0 Å². The summed E-state index contributed by atoms with van der Waals surface area (Å²) in [6.45, 7) is 0.406. The number of hydrogen-bond donors (Lipinski definition) is 0. The number of carbonyl (C=O) groups excluding carboxylic acids is 2. The van der Waals surface area contributed by atoms with Gasteiger partial charge in [0.2, 0.25) is 5.91 Å².